The van der Waals surface area contributed by atoms with Crippen LogP contribution in [0.25, 0.3) is 28.1 Å². The monoisotopic (exact) mass is 569 g/mol. The Hall–Kier alpha value is -4.32. The largest absolute Gasteiger partial charge is 0.383 e. The maximum atomic E-state index is 14.0. The molecule has 11 heteroatoms. The van der Waals surface area contributed by atoms with E-state index in [1.54, 1.807) is 30.8 Å². The molecule has 0 amide bonds. The van der Waals surface area contributed by atoms with Gasteiger partial charge in [-0.1, -0.05) is 18.2 Å². The van der Waals surface area contributed by atoms with Gasteiger partial charge in [-0.2, -0.15) is 14.6 Å². The summed E-state index contributed by atoms with van der Waals surface area (Å²) < 4.78 is 22.9. The number of Topliss-reactive ketones (excluding diaryl/α,β-unsaturated/α-hetero) is 1. The van der Waals surface area contributed by atoms with E-state index in [9.17, 15) is 9.18 Å². The molecule has 0 aliphatic carbocycles. The summed E-state index contributed by atoms with van der Waals surface area (Å²) in [7, 11) is 3.53. The van der Waals surface area contributed by atoms with Crippen molar-refractivity contribution in [3.8, 4) is 16.9 Å². The van der Waals surface area contributed by atoms with E-state index in [1.807, 2.05) is 59.6 Å². The maximum Gasteiger partial charge on any atom is 0.213 e. The molecule has 0 unspecified atom stereocenters. The second-order valence-electron chi connectivity index (χ2n) is 10.6. The Kier molecular flexibility index (Phi) is 7.88. The number of methoxy groups -OCH3 is 1. The lowest BCUT2D eigenvalue weighted by Gasteiger charge is -2.17. The molecule has 1 aliphatic rings. The lowest BCUT2D eigenvalue weighted by Crippen LogP contribution is -2.24. The Balaban J connectivity index is 1.30. The first kappa shape index (κ1) is 27.8. The number of rotatable bonds is 10. The lowest BCUT2D eigenvalue weighted by atomic mass is 9.91. The summed E-state index contributed by atoms with van der Waals surface area (Å²) in [5.41, 5.74) is 6.38. The molecule has 5 heterocycles. The van der Waals surface area contributed by atoms with Crippen molar-refractivity contribution >= 4 is 16.9 Å². The third-order valence-corrected chi connectivity index (χ3v) is 7.68. The summed E-state index contributed by atoms with van der Waals surface area (Å²) in [5, 5.41) is 6.76. The number of halogens is 1. The van der Waals surface area contributed by atoms with Gasteiger partial charge in [0, 0.05) is 64.0 Å². The van der Waals surface area contributed by atoms with Crippen LogP contribution in [0.2, 0.25) is 0 Å². The fourth-order valence-electron chi connectivity index (χ4n) is 5.58. The molecule has 2 atom stereocenters. The van der Waals surface area contributed by atoms with Crippen LogP contribution < -0.4 is 0 Å². The van der Waals surface area contributed by atoms with Crippen molar-refractivity contribution in [2.24, 2.45) is 13.0 Å². The maximum absolute atomic E-state index is 14.0. The predicted molar refractivity (Wildman–Crippen MR) is 154 cm³/mol. The number of pyridine rings is 2. The molecule has 5 aromatic rings. The summed E-state index contributed by atoms with van der Waals surface area (Å²) in [6.07, 6.45) is 4.93. The van der Waals surface area contributed by atoms with Gasteiger partial charge >= 0.3 is 0 Å². The van der Waals surface area contributed by atoms with Crippen molar-refractivity contribution < 1.29 is 18.8 Å². The highest BCUT2D eigenvalue weighted by molar-refractivity contribution is 5.83. The van der Waals surface area contributed by atoms with Gasteiger partial charge in [-0.3, -0.25) is 9.63 Å². The zero-order chi connectivity index (χ0) is 29.2. The van der Waals surface area contributed by atoms with Crippen LogP contribution in [0.3, 0.4) is 0 Å². The number of para-hydroxylation sites is 1. The van der Waals surface area contributed by atoms with Crippen LogP contribution in [0, 0.1) is 18.8 Å². The molecule has 0 saturated carbocycles. The van der Waals surface area contributed by atoms with Gasteiger partial charge in [0.05, 0.1) is 30.0 Å². The number of ether oxygens (including phenoxy) is 1. The van der Waals surface area contributed by atoms with Crippen LogP contribution in [-0.4, -0.2) is 67.0 Å². The molecule has 1 fully saturated rings. The Bertz CT molecular complexity index is 1720. The number of aryl methyl sites for hydroxylation is 1. The molecule has 4 aromatic heterocycles. The second kappa shape index (κ2) is 11.9. The first-order valence-corrected chi connectivity index (χ1v) is 13.9. The van der Waals surface area contributed by atoms with Crippen molar-refractivity contribution in [3.63, 3.8) is 0 Å². The minimum Gasteiger partial charge on any atom is -0.383 e. The normalized spacial score (nSPS) is 17.3. The Morgan fingerprint density at radius 1 is 1.14 bits per heavy atom. The van der Waals surface area contributed by atoms with Crippen LogP contribution in [-0.2, 0) is 27.8 Å². The zero-order valence-corrected chi connectivity index (χ0v) is 23.8. The number of ketones is 1. The quantitative estimate of drug-likeness (QED) is 0.228. The summed E-state index contributed by atoms with van der Waals surface area (Å²) in [6, 6.07) is 14.9. The van der Waals surface area contributed by atoms with Gasteiger partial charge in [-0.25, -0.2) is 19.6 Å². The number of fused-ring (bicyclic) bond motifs is 1. The minimum atomic E-state index is -0.579. The van der Waals surface area contributed by atoms with Crippen molar-refractivity contribution in [1.29, 1.82) is 0 Å². The van der Waals surface area contributed by atoms with Gasteiger partial charge in [0.2, 0.25) is 5.95 Å². The molecule has 42 heavy (non-hydrogen) atoms. The Morgan fingerprint density at radius 2 is 1.98 bits per heavy atom. The third-order valence-electron chi connectivity index (χ3n) is 7.68. The SMILES string of the molecule is COCCN1C[C@@H](CC(=O)Cc2c(C)c(-c3cnc4c(c3)ncn4C)nn2-c2ccccc2)[C@H](c2ccnc(F)c2)O1. The van der Waals surface area contributed by atoms with E-state index < -0.39 is 12.1 Å². The number of hydroxylamine groups is 2. The van der Waals surface area contributed by atoms with Crippen molar-refractivity contribution in [1.82, 2.24) is 34.4 Å². The van der Waals surface area contributed by atoms with Crippen LogP contribution in [0.1, 0.15) is 29.3 Å². The van der Waals surface area contributed by atoms with Crippen molar-refractivity contribution in [2.45, 2.75) is 25.9 Å². The van der Waals surface area contributed by atoms with E-state index in [0.717, 1.165) is 39.4 Å². The summed E-state index contributed by atoms with van der Waals surface area (Å²) in [4.78, 5) is 32.6. The van der Waals surface area contributed by atoms with E-state index in [0.29, 0.717) is 25.3 Å². The number of imidazole rings is 1. The van der Waals surface area contributed by atoms with Gasteiger partial charge in [-0.15, -0.1) is 0 Å². The van der Waals surface area contributed by atoms with Crippen molar-refractivity contribution in [2.75, 3.05) is 26.8 Å². The van der Waals surface area contributed by atoms with Crippen LogP contribution in [0.4, 0.5) is 4.39 Å². The van der Waals surface area contributed by atoms with Gasteiger partial charge < -0.3 is 9.30 Å². The van der Waals surface area contributed by atoms with E-state index in [1.165, 1.54) is 12.3 Å². The first-order valence-electron chi connectivity index (χ1n) is 13.9. The van der Waals surface area contributed by atoms with Crippen LogP contribution in [0.15, 0.2) is 67.3 Å². The highest BCUT2D eigenvalue weighted by Crippen LogP contribution is 2.37. The molecule has 0 radical (unpaired) electrons. The third kappa shape index (κ3) is 5.58. The smallest absolute Gasteiger partial charge is 0.213 e. The number of hydrogen-bond acceptors (Lipinski definition) is 8. The second-order valence-corrected chi connectivity index (χ2v) is 10.6. The zero-order valence-electron chi connectivity index (χ0n) is 23.8. The van der Waals surface area contributed by atoms with E-state index >= 15 is 0 Å². The van der Waals surface area contributed by atoms with E-state index in [4.69, 9.17) is 14.7 Å². The summed E-state index contributed by atoms with van der Waals surface area (Å²) in [5.74, 6) is -0.702. The standard InChI is InChI=1S/C31H32FN7O3/c1-20-27(16-25(40)13-23-18-38(11-12-41-3)42-30(23)21-9-10-33-28(32)15-21)39(24-7-5-4-6-8-24)36-29(20)22-14-26-31(34-17-22)37(2)19-35-26/h4-10,14-15,17,19,23,30H,11-13,16,18H2,1-3H3/t23-,30+/m1/s1. The number of aromatic nitrogens is 6. The molecule has 1 aromatic carbocycles. The van der Waals surface area contributed by atoms with Crippen LogP contribution in [0.5, 0.6) is 0 Å². The number of carbonyl (C=O) groups is 1. The minimum absolute atomic E-state index is 0.0433. The number of nitrogens with zero attached hydrogens (tertiary/aromatic N) is 7. The average molecular weight is 570 g/mol. The number of benzene rings is 1. The lowest BCUT2D eigenvalue weighted by molar-refractivity contribution is -0.155. The number of hydrogen-bond donors (Lipinski definition) is 0. The van der Waals surface area contributed by atoms with Gasteiger partial charge in [0.1, 0.15) is 17.4 Å². The Labute approximate surface area is 242 Å². The molecule has 0 spiro atoms. The summed E-state index contributed by atoms with van der Waals surface area (Å²) >= 11 is 0. The molecule has 1 aliphatic heterocycles. The summed E-state index contributed by atoms with van der Waals surface area (Å²) in [6.45, 7) is 3.54. The van der Waals surface area contributed by atoms with E-state index in [2.05, 4.69) is 15.0 Å². The van der Waals surface area contributed by atoms with E-state index in [-0.39, 0.29) is 24.5 Å². The molecular formula is C31H32FN7O3. The van der Waals surface area contributed by atoms with Gasteiger partial charge in [-0.05, 0) is 48.4 Å². The molecule has 0 N–H and O–H groups in total. The fourth-order valence-corrected chi connectivity index (χ4v) is 5.58. The Morgan fingerprint density at radius 3 is 2.76 bits per heavy atom. The topological polar surface area (TPSA) is 100 Å². The highest BCUT2D eigenvalue weighted by Gasteiger charge is 2.37. The molecule has 1 saturated heterocycles. The molecule has 0 bridgehead atoms. The number of carbonyl (C=O) groups excluding carboxylic acids is 1. The van der Waals surface area contributed by atoms with Gasteiger partial charge in [0.15, 0.2) is 5.65 Å². The predicted octanol–water partition coefficient (Wildman–Crippen LogP) is 4.42. The molecule has 6 rings (SSSR count). The van der Waals surface area contributed by atoms with Crippen LogP contribution >= 0.6 is 0 Å². The molecule has 216 valence electrons. The molecular weight excluding hydrogens is 537 g/mol. The molecule has 10 nitrogen and oxygen atoms in total. The fraction of sp³-hybridized carbons (Fsp3) is 0.323. The van der Waals surface area contributed by atoms with Crippen molar-refractivity contribution in [3.05, 3.63) is 90.0 Å². The van der Waals surface area contributed by atoms with Gasteiger partial charge in [0.25, 0.3) is 0 Å². The first-order chi connectivity index (χ1) is 20.4. The highest BCUT2D eigenvalue weighted by atomic mass is 19.1. The average Bonchev–Trinajstić information content (AvgIpc) is 3.67.